The van der Waals surface area contributed by atoms with Gasteiger partial charge >= 0.3 is 0 Å². The zero-order valence-corrected chi connectivity index (χ0v) is 22.1. The van der Waals surface area contributed by atoms with E-state index in [4.69, 9.17) is 56.1 Å². The van der Waals surface area contributed by atoms with Gasteiger partial charge < -0.3 is 4.74 Å². The molecule has 1 aromatic heterocycles. The van der Waals surface area contributed by atoms with E-state index in [2.05, 4.69) is 5.10 Å². The Morgan fingerprint density at radius 1 is 0.838 bits per heavy atom. The molecule has 0 aliphatic heterocycles. The summed E-state index contributed by atoms with van der Waals surface area (Å²) >= 11 is 25.1. The maximum atomic E-state index is 13.3. The quantitative estimate of drug-likeness (QED) is 0.194. The average Bonchev–Trinajstić information content (AvgIpc) is 2.89. The highest BCUT2D eigenvalue weighted by atomic mass is 35.5. The SMILES string of the molecule is O=c1c2ccccc2nc(-c2ccccc2)n1N=Cc1cc(Cl)c(OCc2ccc(Cl)cc2Cl)c(Cl)c1. The standard InChI is InChI=1S/C28H17Cl4N3O2/c29-20-11-10-19(22(30)14-20)16-37-26-23(31)12-17(13-24(26)32)15-33-35-27(18-6-2-1-3-7-18)34-25-9-5-4-8-21(25)28(35)36/h1-15H,16H2. The molecular weight excluding hydrogens is 552 g/mol. The van der Waals surface area contributed by atoms with E-state index in [1.54, 1.807) is 48.5 Å². The summed E-state index contributed by atoms with van der Waals surface area (Å²) in [7, 11) is 0. The number of halogens is 4. The highest BCUT2D eigenvalue weighted by Gasteiger charge is 2.14. The van der Waals surface area contributed by atoms with Crippen LogP contribution in [-0.4, -0.2) is 15.9 Å². The fourth-order valence-corrected chi connectivity index (χ4v) is 4.79. The third-order valence-corrected chi connectivity index (χ3v) is 6.66. The molecule has 0 aliphatic carbocycles. The Labute approximate surface area is 232 Å². The molecule has 5 nitrogen and oxygen atoms in total. The fourth-order valence-electron chi connectivity index (χ4n) is 3.71. The Morgan fingerprint density at radius 2 is 1.54 bits per heavy atom. The molecule has 9 heteroatoms. The van der Waals surface area contributed by atoms with Crippen molar-refractivity contribution < 1.29 is 4.74 Å². The summed E-state index contributed by atoms with van der Waals surface area (Å²) in [6.07, 6.45) is 1.50. The van der Waals surface area contributed by atoms with Gasteiger partial charge in [-0.1, -0.05) is 94.9 Å². The molecule has 5 rings (SSSR count). The van der Waals surface area contributed by atoms with Crippen molar-refractivity contribution in [2.24, 2.45) is 5.10 Å². The van der Waals surface area contributed by atoms with Gasteiger partial charge in [0.05, 0.1) is 27.2 Å². The van der Waals surface area contributed by atoms with Gasteiger partial charge in [-0.3, -0.25) is 4.79 Å². The third kappa shape index (κ3) is 5.50. The van der Waals surface area contributed by atoms with Crippen molar-refractivity contribution in [3.63, 3.8) is 0 Å². The summed E-state index contributed by atoms with van der Waals surface area (Å²) in [4.78, 5) is 18.0. The smallest absolute Gasteiger partial charge is 0.282 e. The molecule has 0 N–H and O–H groups in total. The molecule has 0 unspecified atom stereocenters. The van der Waals surface area contributed by atoms with E-state index in [-0.39, 0.29) is 22.2 Å². The number of hydrogen-bond acceptors (Lipinski definition) is 4. The fraction of sp³-hybridized carbons (Fsp3) is 0.0357. The minimum atomic E-state index is -0.294. The molecule has 0 atom stereocenters. The van der Waals surface area contributed by atoms with Crippen LogP contribution in [0.15, 0.2) is 94.8 Å². The molecule has 1 heterocycles. The topological polar surface area (TPSA) is 56.5 Å². The van der Waals surface area contributed by atoms with Crippen LogP contribution in [0, 0.1) is 0 Å². The van der Waals surface area contributed by atoms with Gasteiger partial charge in [0.25, 0.3) is 5.56 Å². The molecule has 5 aromatic rings. The van der Waals surface area contributed by atoms with Crippen molar-refractivity contribution in [3.8, 4) is 17.1 Å². The second-order valence-electron chi connectivity index (χ2n) is 8.02. The Balaban J connectivity index is 1.48. The normalized spacial score (nSPS) is 11.4. The third-order valence-electron chi connectivity index (χ3n) is 5.52. The number of aromatic nitrogens is 2. The average molecular weight is 569 g/mol. The molecule has 0 aliphatic rings. The van der Waals surface area contributed by atoms with Crippen LogP contribution in [0.3, 0.4) is 0 Å². The maximum absolute atomic E-state index is 13.3. The van der Waals surface area contributed by atoms with Crippen LogP contribution in [-0.2, 0) is 6.61 Å². The lowest BCUT2D eigenvalue weighted by Gasteiger charge is -2.12. The predicted molar refractivity (Wildman–Crippen MR) is 152 cm³/mol. The number of rotatable bonds is 6. The van der Waals surface area contributed by atoms with Gasteiger partial charge in [-0.25, -0.2) is 4.98 Å². The highest BCUT2D eigenvalue weighted by molar-refractivity contribution is 6.37. The zero-order chi connectivity index (χ0) is 25.9. The molecule has 0 radical (unpaired) electrons. The second kappa shape index (κ2) is 11.0. The molecule has 0 spiro atoms. The monoisotopic (exact) mass is 567 g/mol. The number of fused-ring (bicyclic) bond motifs is 1. The Morgan fingerprint density at radius 3 is 2.27 bits per heavy atom. The van der Waals surface area contributed by atoms with Crippen LogP contribution >= 0.6 is 46.4 Å². The van der Waals surface area contributed by atoms with Gasteiger partial charge in [0, 0.05) is 21.2 Å². The van der Waals surface area contributed by atoms with E-state index < -0.39 is 0 Å². The minimum Gasteiger partial charge on any atom is -0.486 e. The Hall–Kier alpha value is -3.35. The van der Waals surface area contributed by atoms with Crippen LogP contribution in [0.1, 0.15) is 11.1 Å². The van der Waals surface area contributed by atoms with Crippen LogP contribution in [0.25, 0.3) is 22.3 Å². The molecule has 4 aromatic carbocycles. The second-order valence-corrected chi connectivity index (χ2v) is 9.68. The molecule has 184 valence electrons. The lowest BCUT2D eigenvalue weighted by atomic mass is 10.2. The Kier molecular flexibility index (Phi) is 7.49. The van der Waals surface area contributed by atoms with Gasteiger partial charge in [0.2, 0.25) is 0 Å². The summed E-state index contributed by atoms with van der Waals surface area (Å²) < 4.78 is 7.11. The first kappa shape index (κ1) is 25.3. The number of benzene rings is 4. The van der Waals surface area contributed by atoms with Gasteiger partial charge in [0.15, 0.2) is 11.6 Å². The molecule has 0 bridgehead atoms. The van der Waals surface area contributed by atoms with Gasteiger partial charge in [-0.15, -0.1) is 0 Å². The van der Waals surface area contributed by atoms with E-state index in [1.807, 2.05) is 36.4 Å². The predicted octanol–water partition coefficient (Wildman–Crippen LogP) is 8.14. The van der Waals surface area contributed by atoms with Crippen molar-refractivity contribution in [1.82, 2.24) is 9.66 Å². The molecule has 0 fully saturated rings. The number of hydrogen-bond donors (Lipinski definition) is 0. The molecule has 0 saturated heterocycles. The lowest BCUT2D eigenvalue weighted by Crippen LogP contribution is -2.20. The first-order valence-corrected chi connectivity index (χ1v) is 12.6. The van der Waals surface area contributed by atoms with Crippen LogP contribution in [0.4, 0.5) is 0 Å². The van der Waals surface area contributed by atoms with Crippen LogP contribution < -0.4 is 10.3 Å². The van der Waals surface area contributed by atoms with E-state index in [0.717, 1.165) is 11.1 Å². The van der Waals surface area contributed by atoms with Gasteiger partial charge in [-0.05, 0) is 42.0 Å². The number of nitrogens with zero attached hydrogens (tertiary/aromatic N) is 3. The van der Waals surface area contributed by atoms with Crippen LogP contribution in [0.2, 0.25) is 20.1 Å². The van der Waals surface area contributed by atoms with E-state index in [9.17, 15) is 4.79 Å². The summed E-state index contributed by atoms with van der Waals surface area (Å²) in [5.41, 5.74) is 2.36. The van der Waals surface area contributed by atoms with Crippen molar-refractivity contribution in [3.05, 3.63) is 127 Å². The number of ether oxygens (including phenoxy) is 1. The van der Waals surface area contributed by atoms with E-state index in [0.29, 0.717) is 38.1 Å². The number of para-hydroxylation sites is 1. The van der Waals surface area contributed by atoms with Gasteiger partial charge in [0.1, 0.15) is 6.61 Å². The van der Waals surface area contributed by atoms with Crippen molar-refractivity contribution in [1.29, 1.82) is 0 Å². The minimum absolute atomic E-state index is 0.154. The first-order chi connectivity index (χ1) is 17.9. The first-order valence-electron chi connectivity index (χ1n) is 11.1. The van der Waals surface area contributed by atoms with Crippen molar-refractivity contribution in [2.45, 2.75) is 6.61 Å². The highest BCUT2D eigenvalue weighted by Crippen LogP contribution is 2.35. The van der Waals surface area contributed by atoms with Crippen molar-refractivity contribution in [2.75, 3.05) is 0 Å². The van der Waals surface area contributed by atoms with E-state index >= 15 is 0 Å². The van der Waals surface area contributed by atoms with Crippen LogP contribution in [0.5, 0.6) is 5.75 Å². The molecular formula is C28H17Cl4N3O2. The van der Waals surface area contributed by atoms with E-state index in [1.165, 1.54) is 10.9 Å². The lowest BCUT2D eigenvalue weighted by molar-refractivity contribution is 0.306. The molecule has 0 saturated carbocycles. The summed E-state index contributed by atoms with van der Waals surface area (Å²) in [6, 6.07) is 25.0. The summed E-state index contributed by atoms with van der Waals surface area (Å²) in [5, 5.41) is 6.49. The largest absolute Gasteiger partial charge is 0.486 e. The summed E-state index contributed by atoms with van der Waals surface area (Å²) in [5.74, 6) is 0.721. The zero-order valence-electron chi connectivity index (χ0n) is 19.0. The Bertz CT molecular complexity index is 1680. The molecule has 0 amide bonds. The van der Waals surface area contributed by atoms with Gasteiger partial charge in [-0.2, -0.15) is 9.78 Å². The molecule has 37 heavy (non-hydrogen) atoms. The van der Waals surface area contributed by atoms with Crippen molar-refractivity contribution >= 4 is 63.5 Å². The summed E-state index contributed by atoms with van der Waals surface area (Å²) in [6.45, 7) is 0.154. The maximum Gasteiger partial charge on any atom is 0.282 e.